The van der Waals surface area contributed by atoms with Crippen LogP contribution in [0.4, 0.5) is 15.9 Å². The Morgan fingerprint density at radius 1 is 1.43 bits per heavy atom. The fraction of sp³-hybridized carbons (Fsp3) is 0.231. The van der Waals surface area contributed by atoms with Crippen LogP contribution in [0.3, 0.4) is 0 Å². The summed E-state index contributed by atoms with van der Waals surface area (Å²) >= 11 is 5.78. The van der Waals surface area contributed by atoms with E-state index in [1.54, 1.807) is 6.92 Å². The van der Waals surface area contributed by atoms with Crippen molar-refractivity contribution >= 4 is 29.1 Å². The van der Waals surface area contributed by atoms with E-state index in [0.29, 0.717) is 5.82 Å². The summed E-state index contributed by atoms with van der Waals surface area (Å²) in [5.41, 5.74) is 0.489. The molecule has 0 bridgehead atoms. The van der Waals surface area contributed by atoms with E-state index < -0.39 is 11.8 Å². The van der Waals surface area contributed by atoms with Gasteiger partial charge < -0.3 is 10.1 Å². The van der Waals surface area contributed by atoms with Gasteiger partial charge in [0.25, 0.3) is 0 Å². The third-order valence-electron chi connectivity index (χ3n) is 2.52. The van der Waals surface area contributed by atoms with Gasteiger partial charge in [-0.3, -0.25) is 0 Å². The number of hydrogen-bond acceptors (Lipinski definition) is 6. The highest BCUT2D eigenvalue weighted by Crippen LogP contribution is 2.22. The van der Waals surface area contributed by atoms with Crippen molar-refractivity contribution in [3.63, 3.8) is 0 Å². The first kappa shape index (κ1) is 15.1. The zero-order valence-corrected chi connectivity index (χ0v) is 12.1. The second kappa shape index (κ2) is 6.45. The molecule has 110 valence electrons. The fourth-order valence-electron chi connectivity index (χ4n) is 1.57. The zero-order valence-electron chi connectivity index (χ0n) is 11.4. The van der Waals surface area contributed by atoms with Gasteiger partial charge in [-0.1, -0.05) is 11.6 Å². The molecular weight excluding hydrogens is 299 g/mol. The number of hydrogen-bond donors (Lipinski definition) is 1. The number of nitrogens with zero attached hydrogens (tertiary/aromatic N) is 3. The van der Waals surface area contributed by atoms with Crippen LogP contribution in [0, 0.1) is 12.7 Å². The summed E-state index contributed by atoms with van der Waals surface area (Å²) in [6.45, 7) is 3.42. The number of anilines is 2. The van der Waals surface area contributed by atoms with Crippen LogP contribution in [0.15, 0.2) is 18.2 Å². The molecule has 2 heterocycles. The molecule has 21 heavy (non-hydrogen) atoms. The molecule has 0 amide bonds. The van der Waals surface area contributed by atoms with Crippen LogP contribution >= 0.6 is 11.6 Å². The van der Waals surface area contributed by atoms with Crippen molar-refractivity contribution < 1.29 is 13.9 Å². The van der Waals surface area contributed by atoms with Gasteiger partial charge in [0.05, 0.1) is 18.0 Å². The molecule has 1 N–H and O–H groups in total. The van der Waals surface area contributed by atoms with Crippen LogP contribution in [0.25, 0.3) is 0 Å². The summed E-state index contributed by atoms with van der Waals surface area (Å²) < 4.78 is 18.1. The standard InChI is InChI=1S/C13H12ClFN4O2/c1-3-21-13(20)12-9(6-10(14)18-19-12)17-11-5-4-8(15)7(2)16-11/h4-6H,3H2,1-2H3,(H,16,17,18). The molecule has 8 heteroatoms. The van der Waals surface area contributed by atoms with Crippen LogP contribution in [-0.2, 0) is 4.74 Å². The van der Waals surface area contributed by atoms with Gasteiger partial charge >= 0.3 is 5.97 Å². The van der Waals surface area contributed by atoms with Crippen molar-refractivity contribution in [2.45, 2.75) is 13.8 Å². The van der Waals surface area contributed by atoms with Crippen LogP contribution in [0.2, 0.25) is 5.15 Å². The molecule has 0 fully saturated rings. The van der Waals surface area contributed by atoms with E-state index in [2.05, 4.69) is 20.5 Å². The Labute approximate surface area is 125 Å². The van der Waals surface area contributed by atoms with Crippen molar-refractivity contribution in [2.24, 2.45) is 0 Å². The van der Waals surface area contributed by atoms with Crippen molar-refractivity contribution in [3.8, 4) is 0 Å². The van der Waals surface area contributed by atoms with Gasteiger partial charge in [0.2, 0.25) is 0 Å². The largest absolute Gasteiger partial charge is 0.461 e. The van der Waals surface area contributed by atoms with Gasteiger partial charge in [-0.25, -0.2) is 14.2 Å². The average Bonchev–Trinajstić information content (AvgIpc) is 2.43. The maximum Gasteiger partial charge on any atom is 0.361 e. The van der Waals surface area contributed by atoms with Crippen LogP contribution in [0.1, 0.15) is 23.1 Å². The number of halogens is 2. The Morgan fingerprint density at radius 2 is 2.19 bits per heavy atom. The molecule has 0 unspecified atom stereocenters. The number of carbonyl (C=O) groups excluding carboxylic acids is 1. The number of aromatic nitrogens is 3. The minimum Gasteiger partial charge on any atom is -0.461 e. The molecule has 0 atom stereocenters. The summed E-state index contributed by atoms with van der Waals surface area (Å²) in [5, 5.41) is 10.3. The molecule has 2 aromatic heterocycles. The molecule has 0 spiro atoms. The SMILES string of the molecule is CCOC(=O)c1nnc(Cl)cc1Nc1ccc(F)c(C)n1. The quantitative estimate of drug-likeness (QED) is 0.875. The number of ether oxygens (including phenoxy) is 1. The van der Waals surface area contributed by atoms with Crippen molar-refractivity contribution in [1.82, 2.24) is 15.2 Å². The fourth-order valence-corrected chi connectivity index (χ4v) is 1.71. The molecule has 0 aliphatic heterocycles. The maximum absolute atomic E-state index is 13.2. The normalized spacial score (nSPS) is 10.3. The Hall–Kier alpha value is -2.28. The summed E-state index contributed by atoms with van der Waals surface area (Å²) in [5.74, 6) is -0.705. The van der Waals surface area contributed by atoms with E-state index >= 15 is 0 Å². The van der Waals surface area contributed by atoms with Crippen LogP contribution in [-0.4, -0.2) is 27.8 Å². The summed E-state index contributed by atoms with van der Waals surface area (Å²) in [6.07, 6.45) is 0. The topological polar surface area (TPSA) is 77.0 Å². The molecule has 0 aliphatic carbocycles. The lowest BCUT2D eigenvalue weighted by Gasteiger charge is -2.10. The second-order valence-electron chi connectivity index (χ2n) is 4.04. The van der Waals surface area contributed by atoms with Gasteiger partial charge in [-0.05, 0) is 26.0 Å². The van der Waals surface area contributed by atoms with Crippen molar-refractivity contribution in [1.29, 1.82) is 0 Å². The van der Waals surface area contributed by atoms with E-state index in [9.17, 15) is 9.18 Å². The highest BCUT2D eigenvalue weighted by Gasteiger charge is 2.17. The number of esters is 1. The number of nitrogens with one attached hydrogen (secondary N) is 1. The Bertz CT molecular complexity index is 681. The first-order chi connectivity index (χ1) is 10.0. The predicted octanol–water partition coefficient (Wildman–Crippen LogP) is 2.89. The zero-order chi connectivity index (χ0) is 15.4. The summed E-state index contributed by atoms with van der Waals surface area (Å²) in [7, 11) is 0. The van der Waals surface area contributed by atoms with E-state index in [0.717, 1.165) is 0 Å². The molecule has 2 aromatic rings. The van der Waals surface area contributed by atoms with Gasteiger partial charge in [-0.15, -0.1) is 10.2 Å². The van der Waals surface area contributed by atoms with E-state index in [-0.39, 0.29) is 28.8 Å². The molecule has 0 saturated carbocycles. The lowest BCUT2D eigenvalue weighted by molar-refractivity contribution is 0.0519. The van der Waals surface area contributed by atoms with Crippen LogP contribution < -0.4 is 5.32 Å². The lowest BCUT2D eigenvalue weighted by atomic mass is 10.3. The lowest BCUT2D eigenvalue weighted by Crippen LogP contribution is -2.12. The highest BCUT2D eigenvalue weighted by molar-refractivity contribution is 6.29. The molecule has 2 rings (SSSR count). The molecule has 0 radical (unpaired) electrons. The Balaban J connectivity index is 2.35. The van der Waals surface area contributed by atoms with E-state index in [1.807, 2.05) is 0 Å². The molecule has 0 aromatic carbocycles. The molecule has 0 aliphatic rings. The number of carbonyl (C=O) groups is 1. The number of rotatable bonds is 4. The smallest absolute Gasteiger partial charge is 0.361 e. The minimum absolute atomic E-state index is 0.0231. The summed E-state index contributed by atoms with van der Waals surface area (Å²) in [6, 6.07) is 4.12. The van der Waals surface area contributed by atoms with Gasteiger partial charge in [0, 0.05) is 6.07 Å². The maximum atomic E-state index is 13.2. The van der Waals surface area contributed by atoms with E-state index in [4.69, 9.17) is 16.3 Å². The second-order valence-corrected chi connectivity index (χ2v) is 4.43. The first-order valence-electron chi connectivity index (χ1n) is 6.11. The van der Waals surface area contributed by atoms with Gasteiger partial charge in [0.1, 0.15) is 11.6 Å². The minimum atomic E-state index is -0.636. The highest BCUT2D eigenvalue weighted by atomic mass is 35.5. The molecular formula is C13H12ClFN4O2. The average molecular weight is 311 g/mol. The van der Waals surface area contributed by atoms with Gasteiger partial charge in [0.15, 0.2) is 10.8 Å². The first-order valence-corrected chi connectivity index (χ1v) is 6.49. The summed E-state index contributed by atoms with van der Waals surface area (Å²) in [4.78, 5) is 15.8. The number of pyridine rings is 1. The molecule has 6 nitrogen and oxygen atoms in total. The van der Waals surface area contributed by atoms with Crippen molar-refractivity contribution in [3.05, 3.63) is 40.6 Å². The Kier molecular flexibility index (Phi) is 4.64. The van der Waals surface area contributed by atoms with E-state index in [1.165, 1.54) is 25.1 Å². The third-order valence-corrected chi connectivity index (χ3v) is 2.70. The predicted molar refractivity (Wildman–Crippen MR) is 75.2 cm³/mol. The monoisotopic (exact) mass is 310 g/mol. The van der Waals surface area contributed by atoms with Gasteiger partial charge in [-0.2, -0.15) is 0 Å². The van der Waals surface area contributed by atoms with Crippen molar-refractivity contribution in [2.75, 3.05) is 11.9 Å². The third kappa shape index (κ3) is 3.63. The van der Waals surface area contributed by atoms with Crippen LogP contribution in [0.5, 0.6) is 0 Å². The molecule has 0 saturated heterocycles. The Morgan fingerprint density at radius 3 is 2.86 bits per heavy atom. The number of aryl methyl sites for hydroxylation is 1.